The van der Waals surface area contributed by atoms with Crippen LogP contribution in [0, 0.1) is 5.92 Å². The summed E-state index contributed by atoms with van der Waals surface area (Å²) in [5.41, 5.74) is 3.40. The Kier molecular flexibility index (Phi) is 3.00. The van der Waals surface area contributed by atoms with Crippen molar-refractivity contribution in [1.82, 2.24) is 0 Å². The van der Waals surface area contributed by atoms with Gasteiger partial charge in [0.1, 0.15) is 5.58 Å². The number of fused-ring (bicyclic) bond motifs is 1. The molecule has 1 saturated carbocycles. The van der Waals surface area contributed by atoms with Gasteiger partial charge in [-0.05, 0) is 42.4 Å². The molecule has 1 fully saturated rings. The van der Waals surface area contributed by atoms with Gasteiger partial charge in [-0.15, -0.1) is 0 Å². The molecule has 0 aliphatic heterocycles. The molecule has 0 saturated heterocycles. The molecule has 20 heavy (non-hydrogen) atoms. The van der Waals surface area contributed by atoms with E-state index in [4.69, 9.17) is 4.42 Å². The molecular weight excluding hydrogens is 248 g/mol. The topological polar surface area (TPSA) is 30.2 Å². The molecule has 2 heteroatoms. The van der Waals surface area contributed by atoms with Gasteiger partial charge in [0.05, 0.1) is 0 Å². The van der Waals surface area contributed by atoms with Crippen LogP contribution >= 0.6 is 0 Å². The number of furan rings is 1. The van der Waals surface area contributed by atoms with Crippen LogP contribution in [-0.2, 0) is 11.8 Å². The van der Waals surface area contributed by atoms with E-state index >= 15 is 0 Å². The standard InChI is InChI=1S/C18H22O2/c1-5-11-8-13-10-15(16(19)12-6-7-12)20-17(13)14(9-11)18(2,3)4/h8-10,12H,5-7H2,1-4H3. The average molecular weight is 270 g/mol. The van der Waals surface area contributed by atoms with Gasteiger partial charge in [-0.1, -0.05) is 33.8 Å². The molecule has 3 rings (SSSR count). The summed E-state index contributed by atoms with van der Waals surface area (Å²) in [5.74, 6) is 0.930. The number of aryl methyl sites for hydroxylation is 1. The van der Waals surface area contributed by atoms with Gasteiger partial charge in [-0.25, -0.2) is 0 Å². The summed E-state index contributed by atoms with van der Waals surface area (Å²) in [4.78, 5) is 12.2. The van der Waals surface area contributed by atoms with Crippen LogP contribution in [0.15, 0.2) is 22.6 Å². The summed E-state index contributed by atoms with van der Waals surface area (Å²) in [5, 5.41) is 1.07. The zero-order chi connectivity index (χ0) is 14.5. The number of Topliss-reactive ketones (excluding diaryl/α,β-unsaturated/α-hetero) is 1. The van der Waals surface area contributed by atoms with E-state index in [1.807, 2.05) is 6.07 Å². The summed E-state index contributed by atoms with van der Waals surface area (Å²) in [6.45, 7) is 8.72. The monoisotopic (exact) mass is 270 g/mol. The van der Waals surface area contributed by atoms with E-state index in [1.54, 1.807) is 0 Å². The zero-order valence-electron chi connectivity index (χ0n) is 12.7. The first-order valence-electron chi connectivity index (χ1n) is 7.51. The van der Waals surface area contributed by atoms with E-state index < -0.39 is 0 Å². The maximum absolute atomic E-state index is 12.2. The lowest BCUT2D eigenvalue weighted by atomic mass is 9.85. The first kappa shape index (κ1) is 13.4. The Morgan fingerprint density at radius 3 is 2.50 bits per heavy atom. The summed E-state index contributed by atoms with van der Waals surface area (Å²) >= 11 is 0. The molecular formula is C18H22O2. The smallest absolute Gasteiger partial charge is 0.201 e. The summed E-state index contributed by atoms with van der Waals surface area (Å²) in [7, 11) is 0. The van der Waals surface area contributed by atoms with E-state index in [2.05, 4.69) is 39.8 Å². The van der Waals surface area contributed by atoms with Crippen molar-refractivity contribution >= 4 is 16.8 Å². The number of hydrogen-bond donors (Lipinski definition) is 0. The van der Waals surface area contributed by atoms with Gasteiger partial charge in [-0.3, -0.25) is 4.79 Å². The van der Waals surface area contributed by atoms with E-state index in [0.29, 0.717) is 5.76 Å². The molecule has 106 valence electrons. The largest absolute Gasteiger partial charge is 0.453 e. The zero-order valence-corrected chi connectivity index (χ0v) is 12.7. The number of carbonyl (C=O) groups excluding carboxylic acids is 1. The van der Waals surface area contributed by atoms with Crippen molar-refractivity contribution in [2.24, 2.45) is 5.92 Å². The number of ketones is 1. The lowest BCUT2D eigenvalue weighted by Crippen LogP contribution is -2.11. The van der Waals surface area contributed by atoms with Gasteiger partial charge in [0, 0.05) is 16.9 Å². The molecule has 1 heterocycles. The van der Waals surface area contributed by atoms with Crippen molar-refractivity contribution in [3.63, 3.8) is 0 Å². The van der Waals surface area contributed by atoms with Gasteiger partial charge in [0.25, 0.3) is 0 Å². The van der Waals surface area contributed by atoms with E-state index in [-0.39, 0.29) is 17.1 Å². The van der Waals surface area contributed by atoms with Crippen LogP contribution in [0.5, 0.6) is 0 Å². The first-order chi connectivity index (χ1) is 9.40. The molecule has 0 unspecified atom stereocenters. The molecule has 1 aromatic heterocycles. The molecule has 0 atom stereocenters. The minimum atomic E-state index is 0.0151. The Balaban J connectivity index is 2.18. The van der Waals surface area contributed by atoms with Crippen molar-refractivity contribution in [3.8, 4) is 0 Å². The first-order valence-corrected chi connectivity index (χ1v) is 7.51. The van der Waals surface area contributed by atoms with Crippen molar-refractivity contribution < 1.29 is 9.21 Å². The number of rotatable bonds is 3. The van der Waals surface area contributed by atoms with Gasteiger partial charge < -0.3 is 4.42 Å². The Labute approximate surface area is 120 Å². The number of hydrogen-bond acceptors (Lipinski definition) is 2. The molecule has 1 aliphatic rings. The minimum Gasteiger partial charge on any atom is -0.453 e. The normalized spacial score (nSPS) is 15.8. The van der Waals surface area contributed by atoms with Gasteiger partial charge >= 0.3 is 0 Å². The van der Waals surface area contributed by atoms with Gasteiger partial charge in [0.2, 0.25) is 5.78 Å². The third-order valence-corrected chi connectivity index (χ3v) is 4.08. The third kappa shape index (κ3) is 2.28. The summed E-state index contributed by atoms with van der Waals surface area (Å²) < 4.78 is 5.94. The van der Waals surface area contributed by atoms with E-state index in [0.717, 1.165) is 30.2 Å². The number of carbonyl (C=O) groups is 1. The maximum Gasteiger partial charge on any atom is 0.201 e. The van der Waals surface area contributed by atoms with Crippen molar-refractivity contribution in [1.29, 1.82) is 0 Å². The molecule has 0 radical (unpaired) electrons. The summed E-state index contributed by atoms with van der Waals surface area (Å²) in [6, 6.07) is 6.30. The van der Waals surface area contributed by atoms with Crippen LogP contribution in [0.25, 0.3) is 11.0 Å². The SMILES string of the molecule is CCc1cc(C(C)(C)C)c2oc(C(=O)C3CC3)cc2c1. The fourth-order valence-corrected chi connectivity index (χ4v) is 2.64. The molecule has 0 spiro atoms. The average Bonchev–Trinajstić information content (AvgIpc) is 3.14. The van der Waals surface area contributed by atoms with Crippen LogP contribution in [0.3, 0.4) is 0 Å². The molecule has 0 bridgehead atoms. The molecule has 2 aromatic rings. The molecule has 0 N–H and O–H groups in total. The van der Waals surface area contributed by atoms with Gasteiger partial charge in [-0.2, -0.15) is 0 Å². The predicted molar refractivity (Wildman–Crippen MR) is 81.3 cm³/mol. The second-order valence-electron chi connectivity index (χ2n) is 6.91. The van der Waals surface area contributed by atoms with Crippen LogP contribution in [-0.4, -0.2) is 5.78 Å². The highest BCUT2D eigenvalue weighted by Gasteiger charge is 2.33. The van der Waals surface area contributed by atoms with Crippen LogP contribution in [0.2, 0.25) is 0 Å². The number of benzene rings is 1. The van der Waals surface area contributed by atoms with Crippen LogP contribution < -0.4 is 0 Å². The Bertz CT molecular complexity index is 667. The third-order valence-electron chi connectivity index (χ3n) is 4.08. The lowest BCUT2D eigenvalue weighted by molar-refractivity contribution is 0.0942. The second kappa shape index (κ2) is 4.47. The fraction of sp³-hybridized carbons (Fsp3) is 0.500. The highest BCUT2D eigenvalue weighted by Crippen LogP contribution is 2.37. The van der Waals surface area contributed by atoms with Crippen molar-refractivity contribution in [2.75, 3.05) is 0 Å². The highest BCUT2D eigenvalue weighted by atomic mass is 16.3. The molecule has 1 aromatic carbocycles. The quantitative estimate of drug-likeness (QED) is 0.744. The van der Waals surface area contributed by atoms with E-state index in [1.165, 1.54) is 11.1 Å². The van der Waals surface area contributed by atoms with Gasteiger partial charge in [0.15, 0.2) is 5.76 Å². The predicted octanol–water partition coefficient (Wildman–Crippen LogP) is 4.89. The molecule has 2 nitrogen and oxygen atoms in total. The minimum absolute atomic E-state index is 0.0151. The molecule has 0 amide bonds. The van der Waals surface area contributed by atoms with Crippen LogP contribution in [0.1, 0.15) is 62.2 Å². The Hall–Kier alpha value is -1.57. The second-order valence-corrected chi connectivity index (χ2v) is 6.91. The van der Waals surface area contributed by atoms with E-state index in [9.17, 15) is 4.79 Å². The highest BCUT2D eigenvalue weighted by molar-refractivity contribution is 6.00. The molecule has 1 aliphatic carbocycles. The lowest BCUT2D eigenvalue weighted by Gasteiger charge is -2.20. The summed E-state index contributed by atoms with van der Waals surface area (Å²) in [6.07, 6.45) is 3.03. The van der Waals surface area contributed by atoms with Crippen molar-refractivity contribution in [3.05, 3.63) is 35.1 Å². The van der Waals surface area contributed by atoms with Crippen molar-refractivity contribution in [2.45, 2.75) is 52.4 Å². The maximum atomic E-state index is 12.2. The fourth-order valence-electron chi connectivity index (χ4n) is 2.64. The Morgan fingerprint density at radius 1 is 1.25 bits per heavy atom. The van der Waals surface area contributed by atoms with Crippen LogP contribution in [0.4, 0.5) is 0 Å². The Morgan fingerprint density at radius 2 is 1.95 bits per heavy atom.